The van der Waals surface area contributed by atoms with Gasteiger partial charge in [-0.25, -0.2) is 0 Å². The Bertz CT molecular complexity index is 962. The number of aliphatic hydroxyl groups excluding tert-OH is 2. The molecule has 0 saturated carbocycles. The number of nitrogens with zero attached hydrogens (tertiary/aromatic N) is 1. The molecular weight excluding hydrogens is 388 g/mol. The number of hydrogen-bond acceptors (Lipinski definition) is 8. The van der Waals surface area contributed by atoms with Gasteiger partial charge < -0.3 is 20.7 Å². The Morgan fingerprint density at radius 1 is 1.29 bits per heavy atom. The van der Waals surface area contributed by atoms with Crippen LogP contribution >= 0.6 is 0 Å². The standard InChI is InChI=1S/C18H20N2O7S/c1-10-2-4-13(5-3-10)28(24,25)27-17-15(22)14(9-21)26-16(17)11-6-12(18(19)23)8-20-7-11/h2-8,14-17,21-22H,9H2,1H3,(H2,19,23)/t14-,15-,16+,17-/m1/s1. The van der Waals surface area contributed by atoms with E-state index in [1.807, 2.05) is 6.92 Å². The van der Waals surface area contributed by atoms with E-state index in [0.29, 0.717) is 0 Å². The van der Waals surface area contributed by atoms with Crippen molar-refractivity contribution >= 4 is 16.0 Å². The summed E-state index contributed by atoms with van der Waals surface area (Å²) in [6.45, 7) is 1.26. The molecule has 1 amide bonds. The molecule has 1 fully saturated rings. The third-order valence-electron chi connectivity index (χ3n) is 4.44. The largest absolute Gasteiger partial charge is 0.394 e. The van der Waals surface area contributed by atoms with E-state index in [-0.39, 0.29) is 16.0 Å². The van der Waals surface area contributed by atoms with E-state index in [9.17, 15) is 23.4 Å². The smallest absolute Gasteiger partial charge is 0.297 e. The molecule has 0 unspecified atom stereocenters. The molecule has 0 aliphatic carbocycles. The van der Waals surface area contributed by atoms with E-state index >= 15 is 0 Å². The van der Waals surface area contributed by atoms with E-state index in [0.717, 1.165) is 5.56 Å². The first-order valence-corrected chi connectivity index (χ1v) is 9.83. The molecule has 4 N–H and O–H groups in total. The van der Waals surface area contributed by atoms with Gasteiger partial charge in [-0.15, -0.1) is 0 Å². The van der Waals surface area contributed by atoms with Crippen LogP contribution in [0.4, 0.5) is 0 Å². The maximum atomic E-state index is 12.7. The molecule has 1 aliphatic rings. The maximum Gasteiger partial charge on any atom is 0.297 e. The summed E-state index contributed by atoms with van der Waals surface area (Å²) in [4.78, 5) is 15.2. The van der Waals surface area contributed by atoms with Crippen LogP contribution in [0.15, 0.2) is 47.6 Å². The van der Waals surface area contributed by atoms with Crippen LogP contribution in [-0.4, -0.2) is 54.4 Å². The molecule has 2 aromatic rings. The highest BCUT2D eigenvalue weighted by atomic mass is 32.2. The highest BCUT2D eigenvalue weighted by Gasteiger charge is 2.47. The number of pyridine rings is 1. The van der Waals surface area contributed by atoms with Crippen molar-refractivity contribution in [3.63, 3.8) is 0 Å². The van der Waals surface area contributed by atoms with Gasteiger partial charge in [0.05, 0.1) is 17.1 Å². The van der Waals surface area contributed by atoms with Crippen LogP contribution < -0.4 is 5.73 Å². The average molecular weight is 408 g/mol. The van der Waals surface area contributed by atoms with Crippen molar-refractivity contribution in [2.75, 3.05) is 6.61 Å². The number of aryl methyl sites for hydroxylation is 1. The van der Waals surface area contributed by atoms with Gasteiger partial charge in [-0.05, 0) is 25.1 Å². The Hall–Kier alpha value is -2.37. The van der Waals surface area contributed by atoms with Crippen LogP contribution in [-0.2, 0) is 19.0 Å². The van der Waals surface area contributed by atoms with Crippen molar-refractivity contribution in [3.05, 3.63) is 59.4 Å². The molecule has 1 aliphatic heterocycles. The van der Waals surface area contributed by atoms with Gasteiger partial charge in [-0.2, -0.15) is 8.42 Å². The SMILES string of the molecule is Cc1ccc(S(=O)(=O)O[C@@H]2[C@H](O)[C@@H](CO)O[C@H]2c2cncc(C(N)=O)c2)cc1. The average Bonchev–Trinajstić information content (AvgIpc) is 2.97. The lowest BCUT2D eigenvalue weighted by Gasteiger charge is -2.21. The van der Waals surface area contributed by atoms with Crippen LogP contribution in [0.2, 0.25) is 0 Å². The van der Waals surface area contributed by atoms with Gasteiger partial charge in [-0.3, -0.25) is 14.0 Å². The molecule has 0 bridgehead atoms. The molecule has 9 nitrogen and oxygen atoms in total. The number of nitrogens with two attached hydrogens (primary N) is 1. The Kier molecular flexibility index (Phi) is 5.77. The van der Waals surface area contributed by atoms with Crippen molar-refractivity contribution in [3.8, 4) is 0 Å². The second-order valence-corrected chi connectivity index (χ2v) is 8.04. The van der Waals surface area contributed by atoms with Crippen LogP contribution in [0, 0.1) is 6.92 Å². The molecule has 1 aromatic carbocycles. The molecule has 1 saturated heterocycles. The summed E-state index contributed by atoms with van der Waals surface area (Å²) >= 11 is 0. The normalized spacial score (nSPS) is 25.0. The Morgan fingerprint density at radius 2 is 1.96 bits per heavy atom. The van der Waals surface area contributed by atoms with Crippen molar-refractivity contribution in [1.82, 2.24) is 4.98 Å². The summed E-state index contributed by atoms with van der Waals surface area (Å²) < 4.78 is 36.2. The molecule has 2 heterocycles. The van der Waals surface area contributed by atoms with E-state index in [1.165, 1.54) is 30.6 Å². The predicted octanol–water partition coefficient (Wildman–Crippen LogP) is 0.0561. The Labute approximate surface area is 161 Å². The van der Waals surface area contributed by atoms with E-state index < -0.39 is 47.0 Å². The third kappa shape index (κ3) is 4.05. The second-order valence-electron chi connectivity index (χ2n) is 6.47. The van der Waals surface area contributed by atoms with Crippen molar-refractivity contribution in [1.29, 1.82) is 0 Å². The number of primary amides is 1. The minimum Gasteiger partial charge on any atom is -0.394 e. The van der Waals surface area contributed by atoms with Crippen molar-refractivity contribution in [2.24, 2.45) is 5.73 Å². The lowest BCUT2D eigenvalue weighted by molar-refractivity contribution is -0.0227. The molecule has 10 heteroatoms. The van der Waals surface area contributed by atoms with Crippen LogP contribution in [0.25, 0.3) is 0 Å². The lowest BCUT2D eigenvalue weighted by Crippen LogP contribution is -2.36. The number of aromatic nitrogens is 1. The topological polar surface area (TPSA) is 149 Å². The second kappa shape index (κ2) is 7.94. The molecule has 28 heavy (non-hydrogen) atoms. The summed E-state index contributed by atoms with van der Waals surface area (Å²) in [6, 6.07) is 7.39. The fourth-order valence-electron chi connectivity index (χ4n) is 2.92. The van der Waals surface area contributed by atoms with Gasteiger partial charge >= 0.3 is 0 Å². The van der Waals surface area contributed by atoms with E-state index in [2.05, 4.69) is 4.98 Å². The van der Waals surface area contributed by atoms with Gasteiger partial charge in [0.15, 0.2) is 0 Å². The summed E-state index contributed by atoms with van der Waals surface area (Å²) in [5, 5.41) is 19.9. The monoisotopic (exact) mass is 408 g/mol. The molecule has 0 radical (unpaired) electrons. The quantitative estimate of drug-likeness (QED) is 0.568. The highest BCUT2D eigenvalue weighted by molar-refractivity contribution is 7.86. The first-order chi connectivity index (χ1) is 13.2. The third-order valence-corrected chi connectivity index (χ3v) is 5.76. The number of carbonyl (C=O) groups is 1. The van der Waals surface area contributed by atoms with Crippen molar-refractivity contribution < 1.29 is 32.3 Å². The molecule has 1 aromatic heterocycles. The maximum absolute atomic E-state index is 12.7. The van der Waals surface area contributed by atoms with Gasteiger partial charge in [0.2, 0.25) is 5.91 Å². The molecule has 4 atom stereocenters. The van der Waals surface area contributed by atoms with E-state index in [4.69, 9.17) is 14.7 Å². The summed E-state index contributed by atoms with van der Waals surface area (Å²) in [6.07, 6.45) is -2.33. The number of rotatable bonds is 6. The Morgan fingerprint density at radius 3 is 2.57 bits per heavy atom. The van der Waals surface area contributed by atoms with Crippen LogP contribution in [0.5, 0.6) is 0 Å². The first-order valence-electron chi connectivity index (χ1n) is 8.42. The summed E-state index contributed by atoms with van der Waals surface area (Å²) in [7, 11) is -4.23. The van der Waals surface area contributed by atoms with Gasteiger partial charge in [0.25, 0.3) is 10.1 Å². The van der Waals surface area contributed by atoms with Gasteiger partial charge in [0.1, 0.15) is 24.4 Å². The zero-order chi connectivity index (χ0) is 20.5. The zero-order valence-corrected chi connectivity index (χ0v) is 15.7. The van der Waals surface area contributed by atoms with E-state index in [1.54, 1.807) is 12.1 Å². The van der Waals surface area contributed by atoms with Gasteiger partial charge in [0, 0.05) is 18.0 Å². The molecular formula is C18H20N2O7S. The van der Waals surface area contributed by atoms with Crippen LogP contribution in [0.3, 0.4) is 0 Å². The van der Waals surface area contributed by atoms with Crippen molar-refractivity contribution in [2.45, 2.75) is 36.2 Å². The Balaban J connectivity index is 1.95. The van der Waals surface area contributed by atoms with Crippen LogP contribution in [0.1, 0.15) is 27.6 Å². The zero-order valence-electron chi connectivity index (χ0n) is 14.9. The fraction of sp³-hybridized carbons (Fsp3) is 0.333. The first kappa shape index (κ1) is 20.4. The number of aliphatic hydroxyl groups is 2. The van der Waals surface area contributed by atoms with Gasteiger partial charge in [-0.1, -0.05) is 17.7 Å². The number of amides is 1. The number of benzene rings is 1. The summed E-state index contributed by atoms with van der Waals surface area (Å²) in [5.74, 6) is -0.726. The molecule has 3 rings (SSSR count). The number of ether oxygens (including phenoxy) is 1. The minimum absolute atomic E-state index is 0.0829. The lowest BCUT2D eigenvalue weighted by atomic mass is 10.0. The predicted molar refractivity (Wildman–Crippen MR) is 96.7 cm³/mol. The number of hydrogen-bond donors (Lipinski definition) is 3. The molecule has 150 valence electrons. The summed E-state index contributed by atoms with van der Waals surface area (Å²) in [5.41, 5.74) is 6.50. The highest BCUT2D eigenvalue weighted by Crippen LogP contribution is 2.37. The molecule has 0 spiro atoms. The fourth-order valence-corrected chi connectivity index (χ4v) is 4.01. The minimum atomic E-state index is -4.23. The number of carbonyl (C=O) groups excluding carboxylic acids is 1.